The summed E-state index contributed by atoms with van der Waals surface area (Å²) in [5.74, 6) is 0. The first-order chi connectivity index (χ1) is 5.88. The molecule has 1 aliphatic rings. The summed E-state index contributed by atoms with van der Waals surface area (Å²) >= 11 is 0. The van der Waals surface area contributed by atoms with Crippen molar-refractivity contribution in [1.29, 1.82) is 0 Å². The van der Waals surface area contributed by atoms with Crippen LogP contribution in [0.25, 0.3) is 0 Å². The zero-order valence-corrected chi connectivity index (χ0v) is 9.20. The second kappa shape index (κ2) is 5.33. The molecule has 0 saturated heterocycles. The monoisotopic (exact) mass is 182 g/mol. The fourth-order valence-corrected chi connectivity index (χ4v) is 3.94. The average molecular weight is 182 g/mol. The minimum atomic E-state index is -0.988. The molecule has 0 bridgehead atoms. The Labute approximate surface area is 76.9 Å². The van der Waals surface area contributed by atoms with Crippen LogP contribution in [0.4, 0.5) is 0 Å². The molecule has 0 spiro atoms. The summed E-state index contributed by atoms with van der Waals surface area (Å²) in [6, 6.07) is 1.29. The first-order valence-electron chi connectivity index (χ1n) is 4.85. The second-order valence-corrected chi connectivity index (χ2v) is 5.74. The second-order valence-electron chi connectivity index (χ2n) is 3.11. The standard InChI is InChI=1S/C10H18OSi/c1-3-9-12(11-4-2)10-7-5-6-8-10/h5-7,12H,3-4,8-9H2,1-2H3. The zero-order chi connectivity index (χ0) is 8.81. The maximum atomic E-state index is 5.80. The maximum absolute atomic E-state index is 5.80. The van der Waals surface area contributed by atoms with Crippen molar-refractivity contribution in [2.75, 3.05) is 6.61 Å². The largest absolute Gasteiger partial charge is 0.416 e. The highest BCUT2D eigenvalue weighted by atomic mass is 28.3. The molecule has 1 nitrogen and oxygen atoms in total. The molecular formula is C10H18OSi. The molecule has 1 unspecified atom stereocenters. The van der Waals surface area contributed by atoms with Gasteiger partial charge in [-0.05, 0) is 19.4 Å². The minimum Gasteiger partial charge on any atom is -0.416 e. The van der Waals surface area contributed by atoms with E-state index in [2.05, 4.69) is 32.1 Å². The highest BCUT2D eigenvalue weighted by molar-refractivity contribution is 6.60. The van der Waals surface area contributed by atoms with Crippen molar-refractivity contribution in [3.05, 3.63) is 23.4 Å². The Balaban J connectivity index is 2.41. The van der Waals surface area contributed by atoms with E-state index >= 15 is 0 Å². The van der Waals surface area contributed by atoms with E-state index in [0.717, 1.165) is 13.0 Å². The lowest BCUT2D eigenvalue weighted by Gasteiger charge is -2.15. The fraction of sp³-hybridized carbons (Fsp3) is 0.600. The lowest BCUT2D eigenvalue weighted by atomic mass is 10.5. The van der Waals surface area contributed by atoms with Gasteiger partial charge in [0.2, 0.25) is 9.04 Å². The van der Waals surface area contributed by atoms with Crippen LogP contribution in [0.3, 0.4) is 0 Å². The van der Waals surface area contributed by atoms with Gasteiger partial charge in [-0.15, -0.1) is 0 Å². The lowest BCUT2D eigenvalue weighted by Crippen LogP contribution is -2.20. The molecule has 0 aromatic heterocycles. The van der Waals surface area contributed by atoms with Gasteiger partial charge in [0, 0.05) is 6.61 Å². The normalized spacial score (nSPS) is 18.0. The molecular weight excluding hydrogens is 164 g/mol. The third-order valence-electron chi connectivity index (χ3n) is 2.13. The molecule has 0 aromatic rings. The van der Waals surface area contributed by atoms with Gasteiger partial charge in [0.15, 0.2) is 0 Å². The molecule has 1 atom stereocenters. The van der Waals surface area contributed by atoms with Crippen molar-refractivity contribution in [1.82, 2.24) is 0 Å². The first kappa shape index (κ1) is 9.74. The molecule has 0 aromatic carbocycles. The Morgan fingerprint density at radius 2 is 2.33 bits per heavy atom. The van der Waals surface area contributed by atoms with E-state index in [1.807, 2.05) is 0 Å². The summed E-state index contributed by atoms with van der Waals surface area (Å²) < 4.78 is 5.80. The maximum Gasteiger partial charge on any atom is 0.204 e. The number of rotatable bonds is 5. The van der Waals surface area contributed by atoms with Crippen molar-refractivity contribution >= 4 is 9.04 Å². The molecule has 1 aliphatic carbocycles. The van der Waals surface area contributed by atoms with Gasteiger partial charge in [-0.3, -0.25) is 0 Å². The molecule has 0 fully saturated rings. The predicted octanol–water partition coefficient (Wildman–Crippen LogP) is 2.58. The molecule has 0 radical (unpaired) electrons. The van der Waals surface area contributed by atoms with Crippen LogP contribution in [0.15, 0.2) is 23.4 Å². The molecule has 0 saturated carbocycles. The Hall–Kier alpha value is -0.343. The molecule has 68 valence electrons. The van der Waals surface area contributed by atoms with Crippen molar-refractivity contribution in [2.24, 2.45) is 0 Å². The van der Waals surface area contributed by atoms with Crippen molar-refractivity contribution in [3.63, 3.8) is 0 Å². The van der Waals surface area contributed by atoms with E-state index in [9.17, 15) is 0 Å². The van der Waals surface area contributed by atoms with Crippen LogP contribution < -0.4 is 0 Å². The SMILES string of the molecule is CCC[SiH](OCC)C1=CC=CC1. The highest BCUT2D eigenvalue weighted by Crippen LogP contribution is 2.18. The van der Waals surface area contributed by atoms with Crippen LogP contribution in [0, 0.1) is 0 Å². The molecule has 1 rings (SSSR count). The number of hydrogen-bond acceptors (Lipinski definition) is 1. The van der Waals surface area contributed by atoms with Crippen LogP contribution in [-0.4, -0.2) is 15.6 Å². The third kappa shape index (κ3) is 2.61. The van der Waals surface area contributed by atoms with Gasteiger partial charge in [-0.2, -0.15) is 0 Å². The molecule has 0 amide bonds. The topological polar surface area (TPSA) is 9.23 Å². The molecule has 2 heteroatoms. The summed E-state index contributed by atoms with van der Waals surface area (Å²) in [6.45, 7) is 5.22. The molecule has 0 N–H and O–H groups in total. The Bertz CT molecular complexity index is 178. The smallest absolute Gasteiger partial charge is 0.204 e. The predicted molar refractivity (Wildman–Crippen MR) is 55.7 cm³/mol. The van der Waals surface area contributed by atoms with E-state index < -0.39 is 9.04 Å². The van der Waals surface area contributed by atoms with E-state index in [1.54, 1.807) is 5.20 Å². The van der Waals surface area contributed by atoms with Crippen molar-refractivity contribution in [2.45, 2.75) is 32.7 Å². The number of allylic oxidation sites excluding steroid dienone is 4. The Morgan fingerprint density at radius 3 is 2.83 bits per heavy atom. The van der Waals surface area contributed by atoms with Gasteiger partial charge in [-0.25, -0.2) is 0 Å². The van der Waals surface area contributed by atoms with Crippen molar-refractivity contribution in [3.8, 4) is 0 Å². The van der Waals surface area contributed by atoms with E-state index in [1.165, 1.54) is 12.5 Å². The van der Waals surface area contributed by atoms with Gasteiger partial charge in [0.05, 0.1) is 0 Å². The van der Waals surface area contributed by atoms with E-state index in [-0.39, 0.29) is 0 Å². The van der Waals surface area contributed by atoms with E-state index in [4.69, 9.17) is 4.43 Å². The summed E-state index contributed by atoms with van der Waals surface area (Å²) in [5, 5.41) is 1.58. The summed E-state index contributed by atoms with van der Waals surface area (Å²) in [5.41, 5.74) is 0. The van der Waals surface area contributed by atoms with Crippen LogP contribution >= 0.6 is 0 Å². The Morgan fingerprint density at radius 1 is 1.50 bits per heavy atom. The molecule has 0 heterocycles. The summed E-state index contributed by atoms with van der Waals surface area (Å²) in [7, 11) is -0.988. The number of hydrogen-bond donors (Lipinski definition) is 0. The van der Waals surface area contributed by atoms with Crippen LogP contribution in [0.1, 0.15) is 26.7 Å². The van der Waals surface area contributed by atoms with Gasteiger partial charge < -0.3 is 4.43 Å². The third-order valence-corrected chi connectivity index (χ3v) is 5.22. The molecule has 0 aliphatic heterocycles. The van der Waals surface area contributed by atoms with Gasteiger partial charge in [0.25, 0.3) is 0 Å². The van der Waals surface area contributed by atoms with Gasteiger partial charge in [0.1, 0.15) is 0 Å². The minimum absolute atomic E-state index is 0.883. The Kier molecular flexibility index (Phi) is 4.33. The summed E-state index contributed by atoms with van der Waals surface area (Å²) in [4.78, 5) is 0. The van der Waals surface area contributed by atoms with Gasteiger partial charge in [-0.1, -0.05) is 36.8 Å². The quantitative estimate of drug-likeness (QED) is 0.594. The average Bonchev–Trinajstić information content (AvgIpc) is 2.56. The van der Waals surface area contributed by atoms with E-state index in [0.29, 0.717) is 0 Å². The van der Waals surface area contributed by atoms with Crippen LogP contribution in [0.5, 0.6) is 0 Å². The summed E-state index contributed by atoms with van der Waals surface area (Å²) in [6.07, 6.45) is 9.04. The zero-order valence-electron chi connectivity index (χ0n) is 8.05. The first-order valence-corrected chi connectivity index (χ1v) is 6.72. The lowest BCUT2D eigenvalue weighted by molar-refractivity contribution is 0.346. The molecule has 12 heavy (non-hydrogen) atoms. The fourth-order valence-electron chi connectivity index (χ4n) is 1.54. The van der Waals surface area contributed by atoms with Crippen LogP contribution in [-0.2, 0) is 4.43 Å². The highest BCUT2D eigenvalue weighted by Gasteiger charge is 2.16. The van der Waals surface area contributed by atoms with Crippen LogP contribution in [0.2, 0.25) is 6.04 Å². The van der Waals surface area contributed by atoms with Gasteiger partial charge >= 0.3 is 0 Å². The van der Waals surface area contributed by atoms with Crippen molar-refractivity contribution < 1.29 is 4.43 Å².